The number of ether oxygens (including phenoxy) is 2. The van der Waals surface area contributed by atoms with Crippen molar-refractivity contribution in [1.29, 1.82) is 0 Å². The third kappa shape index (κ3) is 1.92. The van der Waals surface area contributed by atoms with Gasteiger partial charge < -0.3 is 9.47 Å². The minimum Gasteiger partial charge on any atom is -0.465 e. The second-order valence-electron chi connectivity index (χ2n) is 4.17. The number of rotatable bonds is 1. The van der Waals surface area contributed by atoms with Crippen LogP contribution in [-0.2, 0) is 15.9 Å². The number of carbonyl (C=O) groups is 2. The summed E-state index contributed by atoms with van der Waals surface area (Å²) in [6.07, 6.45) is 0.227. The predicted molar refractivity (Wildman–Crippen MR) is 66.0 cm³/mol. The number of nitrogens with zero attached hydrogens (tertiary/aromatic N) is 1. The average Bonchev–Trinajstić information content (AvgIpc) is 2.79. The first-order valence-electron chi connectivity index (χ1n) is 5.65. The van der Waals surface area contributed by atoms with Crippen molar-refractivity contribution < 1.29 is 19.1 Å². The first-order valence-corrected chi connectivity index (χ1v) is 5.65. The van der Waals surface area contributed by atoms with Gasteiger partial charge in [-0.2, -0.15) is 0 Å². The Kier molecular flexibility index (Phi) is 3.23. The van der Waals surface area contributed by atoms with E-state index in [0.29, 0.717) is 18.5 Å². The van der Waals surface area contributed by atoms with Gasteiger partial charge in [-0.15, -0.1) is 0 Å². The molecule has 0 aliphatic carbocycles. The summed E-state index contributed by atoms with van der Waals surface area (Å²) >= 11 is 0. The lowest BCUT2D eigenvalue weighted by Gasteiger charge is -2.16. The van der Waals surface area contributed by atoms with Crippen molar-refractivity contribution in [3.05, 3.63) is 28.8 Å². The number of hydrogen-bond acceptors (Lipinski definition) is 4. The van der Waals surface area contributed by atoms with Crippen molar-refractivity contribution in [3.63, 3.8) is 0 Å². The van der Waals surface area contributed by atoms with Crippen molar-refractivity contribution >= 4 is 17.7 Å². The van der Waals surface area contributed by atoms with Crippen LogP contribution in [0, 0.1) is 6.92 Å². The van der Waals surface area contributed by atoms with Gasteiger partial charge in [0.15, 0.2) is 0 Å². The summed E-state index contributed by atoms with van der Waals surface area (Å²) in [5, 5.41) is 0. The van der Waals surface area contributed by atoms with Crippen molar-refractivity contribution in [3.8, 4) is 0 Å². The van der Waals surface area contributed by atoms with Gasteiger partial charge in [-0.1, -0.05) is 0 Å². The number of hydrogen-bond donors (Lipinski definition) is 0. The molecule has 1 aromatic carbocycles. The highest BCUT2D eigenvalue weighted by molar-refractivity contribution is 5.98. The number of carbonyl (C=O) groups excluding carboxylic acids is 2. The molecule has 5 nitrogen and oxygen atoms in total. The number of benzene rings is 1. The molecule has 1 heterocycles. The van der Waals surface area contributed by atoms with Crippen molar-refractivity contribution in [2.24, 2.45) is 0 Å². The number of aryl methyl sites for hydroxylation is 1. The Balaban J connectivity index is 2.51. The molecule has 5 heteroatoms. The summed E-state index contributed by atoms with van der Waals surface area (Å²) in [7, 11) is 2.70. The highest BCUT2D eigenvalue weighted by atomic mass is 16.5. The SMILES string of the molecule is COC(=O)c1cc(C)cc2c1CCN2C(=O)OC. The minimum atomic E-state index is -0.407. The van der Waals surface area contributed by atoms with Crippen molar-refractivity contribution in [2.45, 2.75) is 13.3 Å². The molecule has 0 N–H and O–H groups in total. The van der Waals surface area contributed by atoms with Gasteiger partial charge >= 0.3 is 12.1 Å². The molecule has 0 radical (unpaired) electrons. The monoisotopic (exact) mass is 249 g/mol. The second kappa shape index (κ2) is 4.68. The van der Waals surface area contributed by atoms with Crippen LogP contribution in [0.15, 0.2) is 12.1 Å². The van der Waals surface area contributed by atoms with E-state index in [0.717, 1.165) is 16.8 Å². The smallest absolute Gasteiger partial charge is 0.414 e. The number of anilines is 1. The average molecular weight is 249 g/mol. The summed E-state index contributed by atoms with van der Waals surface area (Å²) in [6.45, 7) is 2.40. The summed E-state index contributed by atoms with van der Waals surface area (Å²) in [4.78, 5) is 24.9. The Morgan fingerprint density at radius 2 is 1.94 bits per heavy atom. The molecule has 0 saturated heterocycles. The highest BCUT2D eigenvalue weighted by Gasteiger charge is 2.29. The molecule has 1 aliphatic heterocycles. The van der Waals surface area contributed by atoms with Crippen LogP contribution in [-0.4, -0.2) is 32.8 Å². The molecular weight excluding hydrogens is 234 g/mol. The Morgan fingerprint density at radius 1 is 1.22 bits per heavy atom. The fraction of sp³-hybridized carbons (Fsp3) is 0.385. The van der Waals surface area contributed by atoms with E-state index in [2.05, 4.69) is 0 Å². The maximum Gasteiger partial charge on any atom is 0.414 e. The molecular formula is C13H15NO4. The third-order valence-corrected chi connectivity index (χ3v) is 3.05. The number of amides is 1. The van der Waals surface area contributed by atoms with E-state index in [9.17, 15) is 9.59 Å². The first kappa shape index (κ1) is 12.4. The number of methoxy groups -OCH3 is 2. The van der Waals surface area contributed by atoms with Gasteiger partial charge in [0.2, 0.25) is 0 Å². The third-order valence-electron chi connectivity index (χ3n) is 3.05. The minimum absolute atomic E-state index is 0.373. The Hall–Kier alpha value is -2.04. The topological polar surface area (TPSA) is 55.8 Å². The Labute approximate surface area is 105 Å². The second-order valence-corrected chi connectivity index (χ2v) is 4.17. The summed E-state index contributed by atoms with van der Waals surface area (Å²) < 4.78 is 9.49. The fourth-order valence-corrected chi connectivity index (χ4v) is 2.24. The molecule has 0 unspecified atom stereocenters. The van der Waals surface area contributed by atoms with E-state index in [1.54, 1.807) is 6.07 Å². The first-order chi connectivity index (χ1) is 8.58. The van der Waals surface area contributed by atoms with E-state index in [-0.39, 0.29) is 5.97 Å². The van der Waals surface area contributed by atoms with Crippen LogP contribution in [0.4, 0.5) is 10.5 Å². The van der Waals surface area contributed by atoms with Gasteiger partial charge in [0, 0.05) is 6.54 Å². The number of esters is 1. The van der Waals surface area contributed by atoms with Gasteiger partial charge in [0.25, 0.3) is 0 Å². The largest absolute Gasteiger partial charge is 0.465 e. The molecule has 96 valence electrons. The molecule has 0 aromatic heterocycles. The Bertz CT molecular complexity index is 510. The molecule has 1 aromatic rings. The molecule has 2 rings (SSSR count). The lowest BCUT2D eigenvalue weighted by molar-refractivity contribution is 0.0599. The van der Waals surface area contributed by atoms with E-state index < -0.39 is 6.09 Å². The van der Waals surface area contributed by atoms with Crippen LogP contribution in [0.5, 0.6) is 0 Å². The summed E-state index contributed by atoms with van der Waals surface area (Å²) in [5.74, 6) is -0.373. The normalized spacial score (nSPS) is 13.2. The molecule has 0 spiro atoms. The molecule has 0 atom stereocenters. The molecule has 0 bridgehead atoms. The summed E-state index contributed by atoms with van der Waals surface area (Å²) in [6, 6.07) is 3.66. The molecule has 18 heavy (non-hydrogen) atoms. The Morgan fingerprint density at radius 3 is 2.56 bits per heavy atom. The van der Waals surface area contributed by atoms with Gasteiger partial charge in [-0.05, 0) is 36.6 Å². The highest BCUT2D eigenvalue weighted by Crippen LogP contribution is 2.32. The molecule has 0 saturated carbocycles. The number of fused-ring (bicyclic) bond motifs is 1. The van der Waals surface area contributed by atoms with E-state index >= 15 is 0 Å². The van der Waals surface area contributed by atoms with Crippen LogP contribution in [0.3, 0.4) is 0 Å². The van der Waals surface area contributed by atoms with Gasteiger partial charge in [0.1, 0.15) is 0 Å². The van der Waals surface area contributed by atoms with E-state index in [1.807, 2.05) is 13.0 Å². The van der Waals surface area contributed by atoms with Gasteiger partial charge in [-0.25, -0.2) is 9.59 Å². The zero-order chi connectivity index (χ0) is 13.3. The predicted octanol–water partition coefficient (Wildman–Crippen LogP) is 1.91. The lowest BCUT2D eigenvalue weighted by Crippen LogP contribution is -2.28. The van der Waals surface area contributed by atoms with Crippen LogP contribution in [0.1, 0.15) is 21.5 Å². The molecule has 1 aliphatic rings. The standard InChI is InChI=1S/C13H15NO4/c1-8-6-10(12(15)17-2)9-4-5-14(11(9)7-8)13(16)18-3/h6-7H,4-5H2,1-3H3. The van der Waals surface area contributed by atoms with Gasteiger partial charge in [-0.3, -0.25) is 4.90 Å². The quantitative estimate of drug-likeness (QED) is 0.713. The van der Waals surface area contributed by atoms with Crippen LogP contribution in [0.25, 0.3) is 0 Å². The van der Waals surface area contributed by atoms with Crippen LogP contribution in [0.2, 0.25) is 0 Å². The fourth-order valence-electron chi connectivity index (χ4n) is 2.24. The molecule has 1 amide bonds. The van der Waals surface area contributed by atoms with Crippen LogP contribution >= 0.6 is 0 Å². The molecule has 0 fully saturated rings. The zero-order valence-electron chi connectivity index (χ0n) is 10.6. The maximum absolute atomic E-state index is 11.7. The van der Waals surface area contributed by atoms with E-state index in [1.165, 1.54) is 19.1 Å². The van der Waals surface area contributed by atoms with Crippen LogP contribution < -0.4 is 4.90 Å². The van der Waals surface area contributed by atoms with Crippen molar-refractivity contribution in [2.75, 3.05) is 25.7 Å². The summed E-state index contributed by atoms with van der Waals surface area (Å²) in [5.41, 5.74) is 3.02. The van der Waals surface area contributed by atoms with Crippen molar-refractivity contribution in [1.82, 2.24) is 0 Å². The van der Waals surface area contributed by atoms with Gasteiger partial charge in [0.05, 0.1) is 25.5 Å². The maximum atomic E-state index is 11.7. The zero-order valence-corrected chi connectivity index (χ0v) is 10.6. The van der Waals surface area contributed by atoms with E-state index in [4.69, 9.17) is 9.47 Å². The lowest BCUT2D eigenvalue weighted by atomic mass is 10.0.